The Balaban J connectivity index is 0. The van der Waals surface area contributed by atoms with Crippen LogP contribution in [0.3, 0.4) is 0 Å². The van der Waals surface area contributed by atoms with E-state index in [9.17, 15) is 69.8 Å². The van der Waals surface area contributed by atoms with Gasteiger partial charge in [-0.25, -0.2) is 16.8 Å². The summed E-state index contributed by atoms with van der Waals surface area (Å²) in [5, 5.41) is -12.4. The van der Waals surface area contributed by atoms with Crippen molar-refractivity contribution in [3.63, 3.8) is 0 Å². The van der Waals surface area contributed by atoms with E-state index >= 15 is 0 Å². The van der Waals surface area contributed by atoms with E-state index in [-0.39, 0.29) is 0 Å². The maximum atomic E-state index is 11.4. The van der Waals surface area contributed by atoms with E-state index < -0.39 is 43.1 Å². The van der Waals surface area contributed by atoms with Crippen LogP contribution in [0.15, 0.2) is 0 Å². The molecule has 2 atom stereocenters. The molecule has 0 saturated carbocycles. The molecule has 2 fully saturated rings. The van der Waals surface area contributed by atoms with Gasteiger partial charge < -0.3 is 27.5 Å². The van der Waals surface area contributed by atoms with Crippen LogP contribution in [0.25, 0.3) is 0 Å². The molecule has 0 aliphatic carbocycles. The molecule has 0 aromatic carbocycles. The van der Waals surface area contributed by atoms with E-state index in [1.165, 1.54) is 0 Å². The number of epoxide rings is 2. The number of rotatable bonds is 6. The van der Waals surface area contributed by atoms with E-state index in [1.54, 1.807) is 0 Å². The molecule has 2 heterocycles. The standard InChI is InChI=1S/2C6H14NO.2C2HF5O3S/c2*1-7(2,3)4-6-5-8-6;2*3-1(4,5)2(6,7)11(8,9)10/h2*6H,4-5H2,1-3H3;2*(H,8,9,10)/q2*+1;;/p-2. The topological polar surface area (TPSA) is 139 Å². The van der Waals surface area contributed by atoms with Crippen molar-refractivity contribution < 1.29 is 88.3 Å². The van der Waals surface area contributed by atoms with Crippen molar-refractivity contribution in [1.82, 2.24) is 0 Å². The molecule has 0 aromatic rings. The molecule has 0 spiro atoms. The van der Waals surface area contributed by atoms with Gasteiger partial charge in [-0.05, 0) is 0 Å². The van der Waals surface area contributed by atoms with E-state index in [1.807, 2.05) is 0 Å². The highest BCUT2D eigenvalue weighted by Gasteiger charge is 2.63. The predicted octanol–water partition coefficient (Wildman–Crippen LogP) is 1.56. The number of alkyl halides is 10. The SMILES string of the molecule is C[N+](C)(C)CC1CO1.C[N+](C)(C)CC1CO1.O=S(=O)([O-])C(F)(F)C(F)(F)F.O=S(=O)([O-])C(F)(F)C(F)(F)F. The fraction of sp³-hybridized carbons (Fsp3) is 1.00. The van der Waals surface area contributed by atoms with Crippen LogP contribution < -0.4 is 0 Å². The number of halogens is 10. The largest absolute Gasteiger partial charge is 0.743 e. The van der Waals surface area contributed by atoms with Gasteiger partial charge in [0, 0.05) is 0 Å². The molecule has 0 N–H and O–H groups in total. The highest BCUT2D eigenvalue weighted by Crippen LogP contribution is 2.39. The monoisotopic (exact) mass is 630 g/mol. The second-order valence-corrected chi connectivity index (χ2v) is 12.6. The summed E-state index contributed by atoms with van der Waals surface area (Å²) in [6.07, 6.45) is -11.6. The lowest BCUT2D eigenvalue weighted by Crippen LogP contribution is -2.43. The molecule has 232 valence electrons. The average molecular weight is 631 g/mol. The number of quaternary nitrogens is 2. The Bertz CT molecular complexity index is 871. The molecule has 2 aliphatic heterocycles. The van der Waals surface area contributed by atoms with Crippen LogP contribution in [0.2, 0.25) is 0 Å². The minimum atomic E-state index is -6.67. The van der Waals surface area contributed by atoms with Gasteiger partial charge in [0.05, 0.1) is 55.5 Å². The molecular weight excluding hydrogens is 602 g/mol. The van der Waals surface area contributed by atoms with Gasteiger partial charge in [-0.1, -0.05) is 0 Å². The van der Waals surface area contributed by atoms with Gasteiger partial charge in [-0.15, -0.1) is 0 Å². The third-order valence-electron chi connectivity index (χ3n) is 3.60. The van der Waals surface area contributed by atoms with Crippen LogP contribution in [0.1, 0.15) is 0 Å². The number of hydrogen-bond donors (Lipinski definition) is 0. The van der Waals surface area contributed by atoms with Gasteiger partial charge in [-0.2, -0.15) is 43.9 Å². The molecule has 0 radical (unpaired) electrons. The summed E-state index contributed by atoms with van der Waals surface area (Å²) in [5.74, 6) is 0. The Hall–Kier alpha value is -1.04. The number of hydrogen-bond acceptors (Lipinski definition) is 8. The van der Waals surface area contributed by atoms with Crippen molar-refractivity contribution in [1.29, 1.82) is 0 Å². The lowest BCUT2D eigenvalue weighted by molar-refractivity contribution is -0.870. The molecule has 2 saturated heterocycles. The number of ether oxygens (including phenoxy) is 2. The molecule has 22 heteroatoms. The van der Waals surface area contributed by atoms with Crippen molar-refractivity contribution in [3.05, 3.63) is 0 Å². The van der Waals surface area contributed by atoms with Gasteiger partial charge in [0.2, 0.25) is 0 Å². The highest BCUT2D eigenvalue weighted by atomic mass is 32.2. The zero-order valence-corrected chi connectivity index (χ0v) is 22.4. The van der Waals surface area contributed by atoms with Crippen LogP contribution in [0.5, 0.6) is 0 Å². The third-order valence-corrected chi connectivity index (χ3v) is 5.31. The summed E-state index contributed by atoms with van der Waals surface area (Å²) in [7, 11) is -0.243. The Kier molecular flexibility index (Phi) is 13.0. The minimum Gasteiger partial charge on any atom is -0.743 e. The summed E-state index contributed by atoms with van der Waals surface area (Å²) in [6, 6.07) is 0. The Labute approximate surface area is 212 Å². The molecule has 2 rings (SSSR count). The van der Waals surface area contributed by atoms with Gasteiger partial charge in [0.15, 0.2) is 20.2 Å². The van der Waals surface area contributed by atoms with Crippen molar-refractivity contribution in [2.24, 2.45) is 0 Å². The van der Waals surface area contributed by atoms with Crippen LogP contribution in [0.4, 0.5) is 43.9 Å². The van der Waals surface area contributed by atoms with E-state index in [0.29, 0.717) is 12.2 Å². The average Bonchev–Trinajstić information content (AvgIpc) is 3.48. The molecule has 0 aromatic heterocycles. The quantitative estimate of drug-likeness (QED) is 0.187. The predicted molar refractivity (Wildman–Crippen MR) is 107 cm³/mol. The van der Waals surface area contributed by atoms with E-state index in [0.717, 1.165) is 35.3 Å². The fourth-order valence-corrected chi connectivity index (χ4v) is 2.42. The van der Waals surface area contributed by atoms with Crippen LogP contribution in [-0.4, -0.2) is 139 Å². The zero-order valence-electron chi connectivity index (χ0n) is 20.7. The van der Waals surface area contributed by atoms with Crippen LogP contribution >= 0.6 is 0 Å². The van der Waals surface area contributed by atoms with Gasteiger partial charge in [0.1, 0.15) is 25.3 Å². The normalized spacial score (nSPS) is 20.6. The maximum absolute atomic E-state index is 11.4. The Morgan fingerprint density at radius 3 is 0.816 bits per heavy atom. The molecule has 10 nitrogen and oxygen atoms in total. The van der Waals surface area contributed by atoms with Gasteiger partial charge in [0.25, 0.3) is 0 Å². The molecule has 2 aliphatic rings. The first-order chi connectivity index (χ1) is 16.2. The summed E-state index contributed by atoms with van der Waals surface area (Å²) >= 11 is 0. The zero-order chi connectivity index (χ0) is 31.4. The van der Waals surface area contributed by atoms with Crippen LogP contribution in [-0.2, 0) is 29.7 Å². The van der Waals surface area contributed by atoms with E-state index in [4.69, 9.17) is 9.47 Å². The van der Waals surface area contributed by atoms with Gasteiger partial charge in [-0.3, -0.25) is 0 Å². The lowest BCUT2D eigenvalue weighted by atomic mass is 10.4. The van der Waals surface area contributed by atoms with Crippen molar-refractivity contribution in [2.45, 2.75) is 35.1 Å². The third kappa shape index (κ3) is 15.5. The van der Waals surface area contributed by atoms with Crippen molar-refractivity contribution in [3.8, 4) is 0 Å². The molecule has 0 amide bonds. The molecule has 38 heavy (non-hydrogen) atoms. The second-order valence-electron chi connectivity index (χ2n) is 9.79. The smallest absolute Gasteiger partial charge is 0.468 e. The number of likely N-dealkylation sites (N-methyl/N-ethyl adjacent to an activating group) is 2. The first-order valence-electron chi connectivity index (χ1n) is 9.80. The molecule has 0 bridgehead atoms. The second kappa shape index (κ2) is 12.6. The lowest BCUT2D eigenvalue weighted by Gasteiger charge is -2.22. The minimum absolute atomic E-state index is 0.565. The molecule has 2 unspecified atom stereocenters. The van der Waals surface area contributed by atoms with Crippen molar-refractivity contribution in [2.75, 3.05) is 68.6 Å². The van der Waals surface area contributed by atoms with Gasteiger partial charge >= 0.3 is 22.9 Å². The van der Waals surface area contributed by atoms with Crippen LogP contribution in [0, 0.1) is 0 Å². The van der Waals surface area contributed by atoms with E-state index in [2.05, 4.69) is 42.3 Å². The summed E-state index contributed by atoms with van der Waals surface area (Å²) in [6.45, 7) is 4.27. The molecular formula is C16H28F10N2O8S2. The Morgan fingerprint density at radius 1 is 0.605 bits per heavy atom. The first-order valence-corrected chi connectivity index (χ1v) is 12.6. The summed E-state index contributed by atoms with van der Waals surface area (Å²) < 4.78 is 179. The summed E-state index contributed by atoms with van der Waals surface area (Å²) in [4.78, 5) is 0. The fourth-order valence-electron chi connectivity index (χ4n) is 1.85. The highest BCUT2D eigenvalue weighted by molar-refractivity contribution is 7.87. The van der Waals surface area contributed by atoms with Crippen molar-refractivity contribution >= 4 is 20.2 Å². The first kappa shape index (κ1) is 39.1. The summed E-state index contributed by atoms with van der Waals surface area (Å²) in [5.41, 5.74) is 0. The Morgan fingerprint density at radius 2 is 0.789 bits per heavy atom. The number of nitrogens with zero attached hydrogens (tertiary/aromatic N) is 2. The maximum Gasteiger partial charge on any atom is 0.468 e.